The SMILES string of the molecule is CN(C(=O)[C@@]12C[C@H]3OC(=O)[C@@H]1N(Cc1ccc(C=COCCO)cc1)O[C@@H]2[C@H]1OC(c2ccccc2)(c2ccccc2)O[C@H]13)[C@H](Cc1ccccc1)C(=O)N[C@H](CO)CCC(=O)OC(C)(C)C. The number of likely N-dealkylation sites (N-methyl/N-ethyl adjacent to an activating group) is 1. The van der Waals surface area contributed by atoms with Gasteiger partial charge in [0, 0.05) is 37.4 Å². The van der Waals surface area contributed by atoms with Gasteiger partial charge in [-0.15, -0.1) is 0 Å². The van der Waals surface area contributed by atoms with E-state index >= 15 is 4.79 Å². The van der Waals surface area contributed by atoms with Gasteiger partial charge < -0.3 is 44.1 Å². The van der Waals surface area contributed by atoms with Crippen LogP contribution in [0.4, 0.5) is 0 Å². The molecule has 4 aromatic rings. The number of carbonyl (C=O) groups is 4. The summed E-state index contributed by atoms with van der Waals surface area (Å²) in [4.78, 5) is 66.2. The smallest absolute Gasteiger partial charge is 0.327 e. The van der Waals surface area contributed by atoms with E-state index in [-0.39, 0.29) is 45.4 Å². The number of nitrogens with one attached hydrogen (secondary N) is 1. The largest absolute Gasteiger partial charge is 0.499 e. The lowest BCUT2D eigenvalue weighted by molar-refractivity contribution is -0.214. The van der Waals surface area contributed by atoms with Gasteiger partial charge in [0.1, 0.15) is 48.1 Å². The van der Waals surface area contributed by atoms with Gasteiger partial charge in [-0.3, -0.25) is 24.0 Å². The van der Waals surface area contributed by atoms with E-state index in [0.717, 1.165) is 16.7 Å². The fourth-order valence-corrected chi connectivity index (χ4v) is 9.73. The van der Waals surface area contributed by atoms with E-state index in [4.69, 9.17) is 33.6 Å². The Hall–Kier alpha value is -5.94. The first-order chi connectivity index (χ1) is 32.3. The van der Waals surface area contributed by atoms with Crippen molar-refractivity contribution < 1.29 is 57.9 Å². The van der Waals surface area contributed by atoms with Gasteiger partial charge in [-0.25, -0.2) is 0 Å². The number of carbonyl (C=O) groups excluding carboxylic acids is 4. The molecule has 354 valence electrons. The van der Waals surface area contributed by atoms with Crippen molar-refractivity contribution in [1.29, 1.82) is 0 Å². The molecule has 15 heteroatoms. The van der Waals surface area contributed by atoms with Gasteiger partial charge in [0.15, 0.2) is 6.04 Å². The van der Waals surface area contributed by atoms with E-state index in [1.807, 2.05) is 115 Å². The Bertz CT molecular complexity index is 2340. The number of esters is 2. The summed E-state index contributed by atoms with van der Waals surface area (Å²) in [5.41, 5.74) is 1.41. The molecule has 3 heterocycles. The lowest BCUT2D eigenvalue weighted by Crippen LogP contribution is -2.70. The Balaban J connectivity index is 1.16. The Morgan fingerprint density at radius 3 is 2.12 bits per heavy atom. The maximum Gasteiger partial charge on any atom is 0.327 e. The summed E-state index contributed by atoms with van der Waals surface area (Å²) in [7, 11) is 1.55. The Kier molecular flexibility index (Phi) is 14.3. The number of fused-ring (bicyclic) bond motifs is 4. The maximum atomic E-state index is 15.9. The third-order valence-corrected chi connectivity index (χ3v) is 12.8. The van der Waals surface area contributed by atoms with Gasteiger partial charge in [-0.2, -0.15) is 5.06 Å². The molecule has 0 radical (unpaired) electrons. The molecule has 0 unspecified atom stereocenters. The van der Waals surface area contributed by atoms with Gasteiger partial charge in [-0.05, 0) is 50.0 Å². The highest BCUT2D eigenvalue weighted by Crippen LogP contribution is 2.59. The number of aliphatic hydroxyl groups excluding tert-OH is 2. The summed E-state index contributed by atoms with van der Waals surface area (Å²) in [6.07, 6.45) is -0.445. The summed E-state index contributed by atoms with van der Waals surface area (Å²) >= 11 is 0. The lowest BCUT2D eigenvalue weighted by Gasteiger charge is -2.50. The molecule has 8 rings (SSSR count). The van der Waals surface area contributed by atoms with Crippen molar-refractivity contribution in [2.45, 2.75) is 107 Å². The summed E-state index contributed by atoms with van der Waals surface area (Å²) in [5.74, 6) is -3.70. The number of hydrogen-bond acceptors (Lipinski definition) is 13. The van der Waals surface area contributed by atoms with E-state index in [1.54, 1.807) is 33.9 Å². The normalized spacial score (nSPS) is 24.9. The highest BCUT2D eigenvalue weighted by atomic mass is 16.8. The molecule has 1 aliphatic carbocycles. The summed E-state index contributed by atoms with van der Waals surface area (Å²) in [5, 5.41) is 23.9. The highest BCUT2D eigenvalue weighted by molar-refractivity contribution is 5.96. The molecule has 2 bridgehead atoms. The zero-order valence-electron chi connectivity index (χ0n) is 38.2. The maximum absolute atomic E-state index is 15.9. The van der Waals surface area contributed by atoms with E-state index in [2.05, 4.69) is 5.32 Å². The van der Waals surface area contributed by atoms with Crippen molar-refractivity contribution in [2.75, 3.05) is 26.9 Å². The molecule has 0 aromatic heterocycles. The molecular formula is C52H59N3O12. The summed E-state index contributed by atoms with van der Waals surface area (Å²) in [6.45, 7) is 4.96. The molecule has 8 atom stereocenters. The Morgan fingerprint density at radius 2 is 1.51 bits per heavy atom. The third-order valence-electron chi connectivity index (χ3n) is 12.8. The predicted octanol–water partition coefficient (Wildman–Crippen LogP) is 4.82. The average Bonchev–Trinajstić information content (AvgIpc) is 3.91. The fourth-order valence-electron chi connectivity index (χ4n) is 9.73. The van der Waals surface area contributed by atoms with E-state index in [1.165, 1.54) is 16.2 Å². The zero-order chi connectivity index (χ0) is 47.3. The van der Waals surface area contributed by atoms with Crippen LogP contribution in [0.2, 0.25) is 0 Å². The van der Waals surface area contributed by atoms with Crippen molar-refractivity contribution in [1.82, 2.24) is 15.3 Å². The number of hydroxylamine groups is 2. The minimum absolute atomic E-state index is 0.00430. The number of benzene rings is 4. The number of hydrogen-bond donors (Lipinski definition) is 3. The number of aliphatic hydroxyl groups is 2. The third kappa shape index (κ3) is 9.89. The molecular weight excluding hydrogens is 859 g/mol. The second-order valence-electron chi connectivity index (χ2n) is 18.5. The molecule has 67 heavy (non-hydrogen) atoms. The molecule has 15 nitrogen and oxygen atoms in total. The van der Waals surface area contributed by atoms with Crippen molar-refractivity contribution >= 4 is 29.8 Å². The average molecular weight is 918 g/mol. The summed E-state index contributed by atoms with van der Waals surface area (Å²) < 4.78 is 31.3. The van der Waals surface area contributed by atoms with Crippen LogP contribution in [0.3, 0.4) is 0 Å². The van der Waals surface area contributed by atoms with Gasteiger partial charge in [0.25, 0.3) is 0 Å². The van der Waals surface area contributed by atoms with Crippen LogP contribution in [0.15, 0.2) is 122 Å². The molecule has 2 amide bonds. The van der Waals surface area contributed by atoms with Gasteiger partial charge in [-0.1, -0.05) is 115 Å². The Morgan fingerprint density at radius 1 is 0.881 bits per heavy atom. The second-order valence-corrected chi connectivity index (χ2v) is 18.5. The van der Waals surface area contributed by atoms with Crippen LogP contribution in [0.1, 0.15) is 67.9 Å². The first kappa shape index (κ1) is 47.5. The predicted molar refractivity (Wildman–Crippen MR) is 244 cm³/mol. The molecule has 1 saturated carbocycles. The van der Waals surface area contributed by atoms with Crippen LogP contribution in [-0.2, 0) is 66.5 Å². The highest BCUT2D eigenvalue weighted by Gasteiger charge is 2.77. The monoisotopic (exact) mass is 917 g/mol. The van der Waals surface area contributed by atoms with Gasteiger partial charge in [0.2, 0.25) is 17.6 Å². The Labute approximate surface area is 390 Å². The van der Waals surface area contributed by atoms with Crippen molar-refractivity contribution in [3.05, 3.63) is 149 Å². The number of ether oxygens (including phenoxy) is 5. The van der Waals surface area contributed by atoms with E-state index < -0.39 is 89.7 Å². The quantitative estimate of drug-likeness (QED) is 0.0703. The first-order valence-electron chi connectivity index (χ1n) is 22.8. The van der Waals surface area contributed by atoms with Crippen LogP contribution in [-0.4, -0.2) is 119 Å². The molecule has 3 aliphatic heterocycles. The molecule has 3 saturated heterocycles. The van der Waals surface area contributed by atoms with Gasteiger partial charge in [0.05, 0.1) is 32.1 Å². The minimum atomic E-state index is -1.64. The van der Waals surface area contributed by atoms with Gasteiger partial charge >= 0.3 is 11.9 Å². The number of rotatable bonds is 18. The fraction of sp³-hybridized carbons (Fsp3) is 0.423. The minimum Gasteiger partial charge on any atom is -0.499 e. The standard InChI is InChI=1S/C52H59N3O12/c1-50(2,3)64-42(58)25-24-39(33-57)53-47(59)40(30-35-14-8-5-9-15-35)54(4)49(61)51-31-41-43-44(66-52(65-43,37-16-10-6-11-17-37)38-18-12-7-13-19-38)46(51)67-55(45(51)48(60)63-41)32-36-22-20-34(21-23-36)26-28-62-29-27-56/h5-23,26,28,39-41,43-46,56-57H,24-25,27,29-33H2,1-4H3,(H,53,59)/t39-,40+,41+,43-,44-,45-,46+,51-/m0/s1. The van der Waals surface area contributed by atoms with Crippen LogP contribution in [0.5, 0.6) is 0 Å². The zero-order valence-corrected chi connectivity index (χ0v) is 38.2. The van der Waals surface area contributed by atoms with Crippen LogP contribution >= 0.6 is 0 Å². The topological polar surface area (TPSA) is 183 Å². The molecule has 0 spiro atoms. The van der Waals surface area contributed by atoms with Crippen LogP contribution in [0.25, 0.3) is 6.08 Å². The van der Waals surface area contributed by atoms with Crippen molar-refractivity contribution in [3.8, 4) is 0 Å². The molecule has 4 aliphatic rings. The van der Waals surface area contributed by atoms with Crippen molar-refractivity contribution in [3.63, 3.8) is 0 Å². The first-order valence-corrected chi connectivity index (χ1v) is 22.8. The molecule has 3 N–H and O–H groups in total. The van der Waals surface area contributed by atoms with E-state index in [9.17, 15) is 19.5 Å². The number of amides is 2. The van der Waals surface area contributed by atoms with Crippen molar-refractivity contribution in [2.24, 2.45) is 5.41 Å². The molecule has 4 aromatic carbocycles. The second kappa shape index (κ2) is 20.1. The van der Waals surface area contributed by atoms with Crippen LogP contribution < -0.4 is 5.32 Å². The number of nitrogens with zero attached hydrogens (tertiary/aromatic N) is 2. The van der Waals surface area contributed by atoms with E-state index in [0.29, 0.717) is 11.1 Å². The summed E-state index contributed by atoms with van der Waals surface area (Å²) in [6, 6.07) is 32.5. The lowest BCUT2D eigenvalue weighted by atomic mass is 9.62. The van der Waals surface area contributed by atoms with Crippen LogP contribution in [0, 0.1) is 5.41 Å². The molecule has 4 fully saturated rings.